The number of benzene rings is 1. The zero-order valence-corrected chi connectivity index (χ0v) is 11.0. The molecule has 0 atom stereocenters. The predicted molar refractivity (Wildman–Crippen MR) is 73.9 cm³/mol. The van der Waals surface area contributed by atoms with Gasteiger partial charge >= 0.3 is 11.6 Å². The number of hydrogen-bond acceptors (Lipinski definition) is 6. The van der Waals surface area contributed by atoms with Gasteiger partial charge in [0.15, 0.2) is 0 Å². The van der Waals surface area contributed by atoms with Gasteiger partial charge in [-0.05, 0) is 18.2 Å². The summed E-state index contributed by atoms with van der Waals surface area (Å²) < 4.78 is 15.2. The quantitative estimate of drug-likeness (QED) is 0.360. The lowest BCUT2D eigenvalue weighted by Crippen LogP contribution is -2.10. The van der Waals surface area contributed by atoms with Gasteiger partial charge in [-0.2, -0.15) is 5.26 Å². The third-order valence-corrected chi connectivity index (χ3v) is 2.59. The summed E-state index contributed by atoms with van der Waals surface area (Å²) in [5.74, 6) is -0.0582. The largest absolute Gasteiger partial charge is 0.490 e. The molecule has 2 rings (SSSR count). The van der Waals surface area contributed by atoms with Crippen LogP contribution in [0.5, 0.6) is 5.75 Å². The second-order valence-corrected chi connectivity index (χ2v) is 3.98. The van der Waals surface area contributed by atoms with Crippen LogP contribution < -0.4 is 10.4 Å². The van der Waals surface area contributed by atoms with Crippen LogP contribution >= 0.6 is 0 Å². The summed E-state index contributed by atoms with van der Waals surface area (Å²) in [4.78, 5) is 22.3. The van der Waals surface area contributed by atoms with Gasteiger partial charge in [0.25, 0.3) is 0 Å². The van der Waals surface area contributed by atoms with Gasteiger partial charge in [0.1, 0.15) is 36.2 Å². The summed E-state index contributed by atoms with van der Waals surface area (Å²) >= 11 is 0. The minimum Gasteiger partial charge on any atom is -0.490 e. The Morgan fingerprint density at radius 3 is 2.90 bits per heavy atom. The molecule has 2 aromatic rings. The lowest BCUT2D eigenvalue weighted by molar-refractivity contribution is -0.138. The van der Waals surface area contributed by atoms with Crippen molar-refractivity contribution in [1.29, 1.82) is 5.26 Å². The second kappa shape index (κ2) is 6.39. The molecular formula is C15H11NO5. The fourth-order valence-corrected chi connectivity index (χ4v) is 1.62. The molecule has 0 N–H and O–H groups in total. The molecule has 0 saturated carbocycles. The number of carbonyl (C=O) groups is 1. The van der Waals surface area contributed by atoms with Crippen LogP contribution in [0.25, 0.3) is 11.0 Å². The molecule has 0 aliphatic carbocycles. The Balaban J connectivity index is 2.09. The van der Waals surface area contributed by atoms with Gasteiger partial charge < -0.3 is 13.9 Å². The third-order valence-electron chi connectivity index (χ3n) is 2.59. The number of carbonyl (C=O) groups excluding carboxylic acids is 1. The number of ether oxygens (including phenoxy) is 2. The van der Waals surface area contributed by atoms with E-state index in [4.69, 9.17) is 19.2 Å². The summed E-state index contributed by atoms with van der Waals surface area (Å²) in [7, 11) is 0. The average Bonchev–Trinajstić information content (AvgIpc) is 2.50. The highest BCUT2D eigenvalue weighted by Gasteiger charge is 2.06. The molecule has 0 bridgehead atoms. The summed E-state index contributed by atoms with van der Waals surface area (Å²) in [6.45, 7) is 3.52. The van der Waals surface area contributed by atoms with E-state index in [0.717, 1.165) is 6.08 Å². The van der Waals surface area contributed by atoms with E-state index in [2.05, 4.69) is 6.58 Å². The number of hydrogen-bond donors (Lipinski definition) is 0. The van der Waals surface area contributed by atoms with Crippen LogP contribution in [-0.2, 0) is 9.53 Å². The van der Waals surface area contributed by atoms with Crippen LogP contribution in [0, 0.1) is 11.3 Å². The lowest BCUT2D eigenvalue weighted by atomic mass is 10.2. The fraction of sp³-hybridized carbons (Fsp3) is 0.133. The molecule has 0 saturated heterocycles. The van der Waals surface area contributed by atoms with Gasteiger partial charge in [-0.1, -0.05) is 6.58 Å². The molecule has 0 fully saturated rings. The predicted octanol–water partition coefficient (Wildman–Crippen LogP) is 1.77. The van der Waals surface area contributed by atoms with Crippen molar-refractivity contribution in [3.05, 3.63) is 52.9 Å². The normalized spacial score (nSPS) is 9.86. The molecule has 0 spiro atoms. The Morgan fingerprint density at radius 2 is 2.19 bits per heavy atom. The van der Waals surface area contributed by atoms with Crippen LogP contribution in [0.15, 0.2) is 46.1 Å². The summed E-state index contributed by atoms with van der Waals surface area (Å²) in [6.07, 6.45) is 1.07. The molecule has 106 valence electrons. The van der Waals surface area contributed by atoms with Crippen molar-refractivity contribution < 1.29 is 18.7 Å². The number of rotatable bonds is 5. The maximum absolute atomic E-state index is 11.4. The van der Waals surface area contributed by atoms with Crippen LogP contribution in [0.1, 0.15) is 5.56 Å². The number of nitriles is 1. The first-order valence-corrected chi connectivity index (χ1v) is 6.04. The molecule has 6 heteroatoms. The van der Waals surface area contributed by atoms with Gasteiger partial charge in [-0.15, -0.1) is 0 Å². The molecule has 0 radical (unpaired) electrons. The lowest BCUT2D eigenvalue weighted by Gasteiger charge is -2.07. The van der Waals surface area contributed by atoms with Crippen LogP contribution in [0.3, 0.4) is 0 Å². The van der Waals surface area contributed by atoms with Gasteiger partial charge in [-0.25, -0.2) is 9.59 Å². The maximum atomic E-state index is 11.4. The van der Waals surface area contributed by atoms with E-state index in [-0.39, 0.29) is 18.8 Å². The molecule has 21 heavy (non-hydrogen) atoms. The minimum absolute atomic E-state index is 0.0486. The third kappa shape index (κ3) is 3.48. The Labute approximate surface area is 119 Å². The molecule has 1 aromatic carbocycles. The van der Waals surface area contributed by atoms with Crippen molar-refractivity contribution in [3.8, 4) is 11.8 Å². The van der Waals surface area contributed by atoms with Crippen LogP contribution in [0.4, 0.5) is 0 Å². The highest BCUT2D eigenvalue weighted by atomic mass is 16.6. The maximum Gasteiger partial charge on any atom is 0.354 e. The smallest absolute Gasteiger partial charge is 0.354 e. The Hall–Kier alpha value is -3.07. The minimum atomic E-state index is -0.693. The first kappa shape index (κ1) is 14.3. The molecule has 0 aliphatic heterocycles. The topological polar surface area (TPSA) is 89.5 Å². The first-order chi connectivity index (χ1) is 10.1. The van der Waals surface area contributed by atoms with E-state index < -0.39 is 11.6 Å². The number of fused-ring (bicyclic) bond motifs is 1. The SMILES string of the molecule is C=CC(=O)OCCOc1ccc2cc(C#N)c(=O)oc2c1. The number of nitrogens with zero attached hydrogens (tertiary/aromatic N) is 1. The summed E-state index contributed by atoms with van der Waals surface area (Å²) in [6, 6.07) is 8.09. The van der Waals surface area contributed by atoms with Crippen LogP contribution in [0.2, 0.25) is 0 Å². The zero-order chi connectivity index (χ0) is 15.2. The summed E-state index contributed by atoms with van der Waals surface area (Å²) in [5.41, 5.74) is -0.422. The van der Waals surface area contributed by atoms with Crippen molar-refractivity contribution in [3.63, 3.8) is 0 Å². The van der Waals surface area contributed by atoms with E-state index in [9.17, 15) is 9.59 Å². The molecular weight excluding hydrogens is 274 g/mol. The molecule has 6 nitrogen and oxygen atoms in total. The van der Waals surface area contributed by atoms with Crippen molar-refractivity contribution in [2.24, 2.45) is 0 Å². The van der Waals surface area contributed by atoms with Gasteiger partial charge in [-0.3, -0.25) is 0 Å². The number of esters is 1. The molecule has 1 aromatic heterocycles. The van der Waals surface area contributed by atoms with E-state index >= 15 is 0 Å². The summed E-state index contributed by atoms with van der Waals surface area (Å²) in [5, 5.41) is 9.38. The van der Waals surface area contributed by atoms with Crippen LogP contribution in [-0.4, -0.2) is 19.2 Å². The van der Waals surface area contributed by atoms with E-state index in [0.29, 0.717) is 16.7 Å². The molecule has 0 aliphatic rings. The Bertz CT molecular complexity index is 785. The molecule has 0 unspecified atom stereocenters. The zero-order valence-electron chi connectivity index (χ0n) is 11.0. The monoisotopic (exact) mass is 285 g/mol. The average molecular weight is 285 g/mol. The highest BCUT2D eigenvalue weighted by Crippen LogP contribution is 2.20. The van der Waals surface area contributed by atoms with E-state index in [1.807, 2.05) is 0 Å². The van der Waals surface area contributed by atoms with Crippen molar-refractivity contribution in [2.45, 2.75) is 0 Å². The van der Waals surface area contributed by atoms with Crippen molar-refractivity contribution in [2.75, 3.05) is 13.2 Å². The first-order valence-electron chi connectivity index (χ1n) is 6.04. The molecule has 0 amide bonds. The Morgan fingerprint density at radius 1 is 1.38 bits per heavy atom. The van der Waals surface area contributed by atoms with E-state index in [1.165, 1.54) is 12.1 Å². The second-order valence-electron chi connectivity index (χ2n) is 3.98. The van der Waals surface area contributed by atoms with Crippen molar-refractivity contribution in [1.82, 2.24) is 0 Å². The van der Waals surface area contributed by atoms with Gasteiger partial charge in [0, 0.05) is 17.5 Å². The Kier molecular flexibility index (Phi) is 4.36. The standard InChI is InChI=1S/C15H11NO5/c1-2-14(17)20-6-5-19-12-4-3-10-7-11(9-16)15(18)21-13(10)8-12/h2-4,7-8H,1,5-6H2. The van der Waals surface area contributed by atoms with E-state index in [1.54, 1.807) is 18.2 Å². The van der Waals surface area contributed by atoms with Crippen molar-refractivity contribution >= 4 is 16.9 Å². The van der Waals surface area contributed by atoms with Gasteiger partial charge in [0.05, 0.1) is 0 Å². The highest BCUT2D eigenvalue weighted by molar-refractivity contribution is 5.81. The fourth-order valence-electron chi connectivity index (χ4n) is 1.62. The molecule has 1 heterocycles. The van der Waals surface area contributed by atoms with Gasteiger partial charge in [0.2, 0.25) is 0 Å².